The minimum absolute atomic E-state index is 0.0730. The maximum Gasteiger partial charge on any atom is 0.363 e. The molecule has 1 fully saturated rings. The zero-order valence-corrected chi connectivity index (χ0v) is 26.4. The summed E-state index contributed by atoms with van der Waals surface area (Å²) in [7, 11) is -1.97. The molecule has 9 nitrogen and oxygen atoms in total. The molecule has 2 amide bonds. The molecule has 0 bridgehead atoms. The molecule has 2 aromatic carbocycles. The number of aryl methyl sites for hydroxylation is 1. The molecule has 1 saturated carbocycles. The lowest BCUT2D eigenvalue weighted by Crippen LogP contribution is -2.47. The number of carbonyl (C=O) groups excluding carboxylic acids is 1. The molecule has 10 heteroatoms. The van der Waals surface area contributed by atoms with Gasteiger partial charge in [0.05, 0.1) is 18.1 Å². The van der Waals surface area contributed by atoms with Crippen LogP contribution >= 0.6 is 0 Å². The van der Waals surface area contributed by atoms with Crippen LogP contribution in [0.5, 0.6) is 5.75 Å². The summed E-state index contributed by atoms with van der Waals surface area (Å²) in [5, 5.41) is 8.16. The van der Waals surface area contributed by atoms with Crippen molar-refractivity contribution in [1.29, 1.82) is 0 Å². The molecule has 1 aliphatic heterocycles. The number of pyridine rings is 1. The van der Waals surface area contributed by atoms with Crippen molar-refractivity contribution in [3.63, 3.8) is 0 Å². The van der Waals surface area contributed by atoms with E-state index in [0.29, 0.717) is 43.7 Å². The van der Waals surface area contributed by atoms with Gasteiger partial charge in [0.25, 0.3) is 0 Å². The summed E-state index contributed by atoms with van der Waals surface area (Å²) in [5.41, 5.74) is 4.47. The SMILES string of the molecule is CCN1C(=O)N=NC1(CCCc1ccc(-c2ccc(OC)c(NS(=O)(=O)C3CC3)n2)cc1)Cc1ccc(C(C)(C)C)cc1. The molecule has 0 spiro atoms. The van der Waals surface area contributed by atoms with Crippen LogP contribution in [0.1, 0.15) is 70.1 Å². The highest BCUT2D eigenvalue weighted by Gasteiger charge is 2.43. The number of azo groups is 1. The van der Waals surface area contributed by atoms with Crippen LogP contribution in [0.3, 0.4) is 0 Å². The summed E-state index contributed by atoms with van der Waals surface area (Å²) in [6.45, 7) is 9.12. The van der Waals surface area contributed by atoms with Crippen molar-refractivity contribution in [3.05, 3.63) is 77.4 Å². The molecule has 5 rings (SSSR count). The monoisotopic (exact) mass is 603 g/mol. The van der Waals surface area contributed by atoms with Gasteiger partial charge in [0.15, 0.2) is 17.2 Å². The van der Waals surface area contributed by atoms with Gasteiger partial charge in [-0.25, -0.2) is 18.2 Å². The van der Waals surface area contributed by atoms with E-state index in [0.717, 1.165) is 29.5 Å². The summed E-state index contributed by atoms with van der Waals surface area (Å²) >= 11 is 0. The minimum atomic E-state index is -3.47. The summed E-state index contributed by atoms with van der Waals surface area (Å²) in [4.78, 5) is 19.0. The topological polar surface area (TPSA) is 113 Å². The zero-order chi connectivity index (χ0) is 30.8. The average molecular weight is 604 g/mol. The smallest absolute Gasteiger partial charge is 0.363 e. The van der Waals surface area contributed by atoms with Gasteiger partial charge in [-0.1, -0.05) is 74.4 Å². The highest BCUT2D eigenvalue weighted by Crippen LogP contribution is 2.36. The normalized spacial score (nSPS) is 18.7. The molecule has 2 aliphatic rings. The molecular formula is C33H41N5O4S. The second-order valence-corrected chi connectivity index (χ2v) is 14.4. The van der Waals surface area contributed by atoms with Crippen molar-refractivity contribution in [1.82, 2.24) is 9.88 Å². The zero-order valence-electron chi connectivity index (χ0n) is 25.6. The van der Waals surface area contributed by atoms with Gasteiger partial charge in [-0.05, 0) is 73.3 Å². The molecule has 228 valence electrons. The number of amides is 2. The number of benzene rings is 2. The van der Waals surface area contributed by atoms with Crippen LogP contribution in [0.15, 0.2) is 70.9 Å². The fourth-order valence-corrected chi connectivity index (χ4v) is 6.90. The molecule has 0 radical (unpaired) electrons. The van der Waals surface area contributed by atoms with E-state index in [9.17, 15) is 13.2 Å². The van der Waals surface area contributed by atoms with Gasteiger partial charge in [0.1, 0.15) is 0 Å². The number of aromatic nitrogens is 1. The van der Waals surface area contributed by atoms with E-state index < -0.39 is 15.7 Å². The fourth-order valence-electron chi connectivity index (χ4n) is 5.56. The average Bonchev–Trinajstić information content (AvgIpc) is 3.79. The molecule has 1 N–H and O–H groups in total. The lowest BCUT2D eigenvalue weighted by Gasteiger charge is -2.34. The van der Waals surface area contributed by atoms with Gasteiger partial charge < -0.3 is 4.74 Å². The molecule has 2 heterocycles. The van der Waals surface area contributed by atoms with E-state index >= 15 is 0 Å². The molecule has 1 atom stereocenters. The molecule has 43 heavy (non-hydrogen) atoms. The van der Waals surface area contributed by atoms with Crippen molar-refractivity contribution >= 4 is 21.9 Å². The van der Waals surface area contributed by atoms with Crippen molar-refractivity contribution in [3.8, 4) is 17.0 Å². The van der Waals surface area contributed by atoms with E-state index in [2.05, 4.69) is 77.1 Å². The third-order valence-corrected chi connectivity index (χ3v) is 10.1. The molecule has 1 aliphatic carbocycles. The molecule has 0 saturated heterocycles. The van der Waals surface area contributed by atoms with E-state index in [1.54, 1.807) is 11.0 Å². The molecule has 3 aromatic rings. The Morgan fingerprint density at radius 2 is 1.67 bits per heavy atom. The van der Waals surface area contributed by atoms with Crippen LogP contribution in [0.25, 0.3) is 11.3 Å². The Bertz CT molecular complexity index is 1590. The number of methoxy groups -OCH3 is 1. The Balaban J connectivity index is 1.27. The number of ether oxygens (including phenoxy) is 1. The van der Waals surface area contributed by atoms with Crippen molar-refractivity contribution in [2.24, 2.45) is 10.2 Å². The molecule has 1 unspecified atom stereocenters. The predicted molar refractivity (Wildman–Crippen MR) is 169 cm³/mol. The highest BCUT2D eigenvalue weighted by molar-refractivity contribution is 7.93. The third-order valence-electron chi connectivity index (χ3n) is 8.25. The standard InChI is InChI=1S/C33H41N5O4S/c1-6-38-31(39)35-37-33(38,22-24-11-15-26(16-12-24)32(2,3)4)21-7-8-23-9-13-25(14-10-23)28-19-20-29(42-5)30(34-28)36-43(40,41)27-17-18-27/h9-16,19-20,27H,6-8,17-18,21-22H2,1-5H3,(H,34,36). The maximum atomic E-state index is 12.6. The summed E-state index contributed by atoms with van der Waals surface area (Å²) < 4.78 is 33.0. The Morgan fingerprint density at radius 3 is 2.28 bits per heavy atom. The van der Waals surface area contributed by atoms with Gasteiger partial charge in [-0.2, -0.15) is 5.11 Å². The number of anilines is 1. The molecule has 1 aromatic heterocycles. The van der Waals surface area contributed by atoms with Gasteiger partial charge in [0, 0.05) is 18.5 Å². The number of sulfonamides is 1. The van der Waals surface area contributed by atoms with E-state index in [-0.39, 0.29) is 22.5 Å². The van der Waals surface area contributed by atoms with Crippen LogP contribution in [0.4, 0.5) is 10.6 Å². The van der Waals surface area contributed by atoms with Crippen LogP contribution in [-0.4, -0.2) is 48.9 Å². The van der Waals surface area contributed by atoms with Crippen molar-refractivity contribution in [2.75, 3.05) is 18.4 Å². The quantitative estimate of drug-likeness (QED) is 0.237. The van der Waals surface area contributed by atoms with Gasteiger partial charge in [0.2, 0.25) is 10.0 Å². The van der Waals surface area contributed by atoms with Crippen LogP contribution in [0, 0.1) is 0 Å². The summed E-state index contributed by atoms with van der Waals surface area (Å²) in [5.74, 6) is 0.586. The van der Waals surface area contributed by atoms with Gasteiger partial charge in [-0.15, -0.1) is 0 Å². The van der Waals surface area contributed by atoms with E-state index in [1.807, 2.05) is 25.1 Å². The third kappa shape index (κ3) is 6.90. The summed E-state index contributed by atoms with van der Waals surface area (Å²) in [6, 6.07) is 20.0. The highest BCUT2D eigenvalue weighted by atomic mass is 32.2. The number of likely N-dealkylation sites (N-methyl/N-ethyl adjacent to an activating group) is 1. The lowest BCUT2D eigenvalue weighted by atomic mass is 9.85. The number of carbonyl (C=O) groups is 1. The number of rotatable bonds is 12. The Kier molecular flexibility index (Phi) is 8.61. The second kappa shape index (κ2) is 12.1. The lowest BCUT2D eigenvalue weighted by molar-refractivity contribution is 0.138. The predicted octanol–water partition coefficient (Wildman–Crippen LogP) is 7.13. The minimum Gasteiger partial charge on any atom is -0.493 e. The van der Waals surface area contributed by atoms with Crippen molar-refractivity contribution < 1.29 is 17.9 Å². The van der Waals surface area contributed by atoms with E-state index in [4.69, 9.17) is 4.74 Å². The summed E-state index contributed by atoms with van der Waals surface area (Å²) in [6.07, 6.45) is 4.30. The van der Waals surface area contributed by atoms with Gasteiger partial charge >= 0.3 is 6.03 Å². The Hall–Kier alpha value is -3.79. The van der Waals surface area contributed by atoms with Crippen LogP contribution < -0.4 is 9.46 Å². The van der Waals surface area contributed by atoms with Crippen LogP contribution in [0.2, 0.25) is 0 Å². The Morgan fingerprint density at radius 1 is 1.00 bits per heavy atom. The number of hydrogen-bond donors (Lipinski definition) is 1. The number of hydrogen-bond acceptors (Lipinski definition) is 6. The van der Waals surface area contributed by atoms with E-state index in [1.165, 1.54) is 12.7 Å². The number of nitrogens with one attached hydrogen (secondary N) is 1. The first kappa shape index (κ1) is 30.7. The molecular weight excluding hydrogens is 562 g/mol. The first-order chi connectivity index (χ1) is 20.4. The fraction of sp³-hybridized carbons (Fsp3) is 0.455. The van der Waals surface area contributed by atoms with Crippen molar-refractivity contribution in [2.45, 2.75) is 82.5 Å². The first-order valence-corrected chi connectivity index (χ1v) is 16.5. The van der Waals surface area contributed by atoms with Gasteiger partial charge in [-0.3, -0.25) is 9.62 Å². The second-order valence-electron chi connectivity index (χ2n) is 12.5. The number of nitrogens with zero attached hydrogens (tertiary/aromatic N) is 4. The van der Waals surface area contributed by atoms with Crippen LogP contribution in [-0.2, 0) is 28.3 Å². The largest absolute Gasteiger partial charge is 0.493 e. The maximum absolute atomic E-state index is 12.6. The number of urea groups is 1. The first-order valence-electron chi connectivity index (χ1n) is 14.9. The Labute approximate surface area is 254 Å².